The van der Waals surface area contributed by atoms with Gasteiger partial charge in [0.15, 0.2) is 0 Å². The average molecular weight is 230 g/mol. The first kappa shape index (κ1) is 7.43. The van der Waals surface area contributed by atoms with E-state index in [1.54, 1.807) is 6.41 Å². The molecule has 1 amide bonds. The third-order valence-corrected chi connectivity index (χ3v) is 1.63. The Balaban J connectivity index is 3.16. The SMILES string of the molecule is O=[C]N(CBr)CBr. The Hall–Kier alpha value is 0.430. The Kier molecular flexibility index (Phi) is 4.87. The Morgan fingerprint density at radius 1 is 1.43 bits per heavy atom. The lowest BCUT2D eigenvalue weighted by atomic mass is 11.0. The van der Waals surface area contributed by atoms with Gasteiger partial charge in [0.1, 0.15) is 0 Å². The van der Waals surface area contributed by atoms with Gasteiger partial charge in [0.2, 0.25) is 0 Å². The summed E-state index contributed by atoms with van der Waals surface area (Å²) in [6.07, 6.45) is 1.69. The first-order valence-electron chi connectivity index (χ1n) is 1.59. The Morgan fingerprint density at radius 2 is 1.86 bits per heavy atom. The topological polar surface area (TPSA) is 20.3 Å². The van der Waals surface area contributed by atoms with Gasteiger partial charge in [0.25, 0.3) is 0 Å². The highest BCUT2D eigenvalue weighted by Crippen LogP contribution is 1.91. The number of halogens is 2. The summed E-state index contributed by atoms with van der Waals surface area (Å²) in [7, 11) is 0. The Labute approximate surface area is 59.1 Å². The van der Waals surface area contributed by atoms with E-state index in [4.69, 9.17) is 0 Å². The molecule has 0 saturated heterocycles. The number of hydrogen-bond donors (Lipinski definition) is 0. The zero-order chi connectivity index (χ0) is 5.70. The molecule has 0 aromatic carbocycles. The number of amides is 1. The molecule has 0 heterocycles. The number of carbonyl (C=O) groups excluding carboxylic acids is 1. The molecule has 1 radical (unpaired) electrons. The second-order valence-electron chi connectivity index (χ2n) is 0.870. The molecule has 0 aliphatic rings. The van der Waals surface area contributed by atoms with Crippen molar-refractivity contribution < 1.29 is 4.79 Å². The van der Waals surface area contributed by atoms with Crippen LogP contribution in [0.3, 0.4) is 0 Å². The lowest BCUT2D eigenvalue weighted by Gasteiger charge is -2.04. The lowest BCUT2D eigenvalue weighted by Crippen LogP contribution is -2.16. The highest BCUT2D eigenvalue weighted by molar-refractivity contribution is 9.09. The predicted molar refractivity (Wildman–Crippen MR) is 35.1 cm³/mol. The molecule has 7 heavy (non-hydrogen) atoms. The minimum absolute atomic E-state index is 0.530. The molecule has 0 atom stereocenters. The summed E-state index contributed by atoms with van der Waals surface area (Å²) < 4.78 is 0. The van der Waals surface area contributed by atoms with Gasteiger partial charge in [0, 0.05) is 0 Å². The number of rotatable bonds is 3. The highest BCUT2D eigenvalue weighted by atomic mass is 79.9. The molecule has 0 aromatic heterocycles. The zero-order valence-corrected chi connectivity index (χ0v) is 6.70. The van der Waals surface area contributed by atoms with Crippen molar-refractivity contribution in [2.45, 2.75) is 0 Å². The molecule has 41 valence electrons. The number of nitrogens with zero attached hydrogens (tertiary/aromatic N) is 1. The third-order valence-electron chi connectivity index (χ3n) is 0.418. The maximum absolute atomic E-state index is 9.71. The van der Waals surface area contributed by atoms with E-state index in [2.05, 4.69) is 31.9 Å². The minimum atomic E-state index is 0.530. The van der Waals surface area contributed by atoms with E-state index >= 15 is 0 Å². The van der Waals surface area contributed by atoms with Gasteiger partial charge in [-0.3, -0.25) is 4.79 Å². The Bertz CT molecular complexity index is 54.9. The molecule has 0 rings (SSSR count). The van der Waals surface area contributed by atoms with Crippen molar-refractivity contribution in [2.24, 2.45) is 0 Å². The van der Waals surface area contributed by atoms with Gasteiger partial charge in [0.05, 0.1) is 10.9 Å². The lowest BCUT2D eigenvalue weighted by molar-refractivity contribution is 0.469. The van der Waals surface area contributed by atoms with Crippen LogP contribution in [0.25, 0.3) is 0 Å². The van der Waals surface area contributed by atoms with Crippen LogP contribution in [0.4, 0.5) is 0 Å². The fourth-order valence-electron chi connectivity index (χ4n) is 0.0807. The van der Waals surface area contributed by atoms with Crippen molar-refractivity contribution in [2.75, 3.05) is 10.9 Å². The van der Waals surface area contributed by atoms with Crippen LogP contribution in [-0.2, 0) is 4.79 Å². The maximum Gasteiger partial charge on any atom is 0.313 e. The summed E-state index contributed by atoms with van der Waals surface area (Å²) in [5.74, 6) is 0. The molecule has 0 aliphatic heterocycles. The van der Waals surface area contributed by atoms with Crippen LogP contribution in [0.15, 0.2) is 0 Å². The molecule has 0 bridgehead atoms. The number of hydrogen-bond acceptors (Lipinski definition) is 1. The van der Waals surface area contributed by atoms with Crippen molar-refractivity contribution in [1.82, 2.24) is 4.90 Å². The summed E-state index contributed by atoms with van der Waals surface area (Å²) in [5.41, 5.74) is 1.06. The molecule has 0 spiro atoms. The van der Waals surface area contributed by atoms with E-state index in [1.807, 2.05) is 0 Å². The van der Waals surface area contributed by atoms with Crippen molar-refractivity contribution in [3.05, 3.63) is 0 Å². The van der Waals surface area contributed by atoms with Gasteiger partial charge in [-0.1, -0.05) is 31.9 Å². The first-order valence-corrected chi connectivity index (χ1v) is 3.84. The molecular formula is C3H4Br2NO. The summed E-state index contributed by atoms with van der Waals surface area (Å²) in [6.45, 7) is 0. The van der Waals surface area contributed by atoms with Gasteiger partial charge in [-0.15, -0.1) is 0 Å². The van der Waals surface area contributed by atoms with E-state index in [0.717, 1.165) is 0 Å². The smallest absolute Gasteiger partial charge is 0.313 e. The second kappa shape index (κ2) is 4.59. The molecule has 0 fully saturated rings. The first-order chi connectivity index (χ1) is 3.35. The van der Waals surface area contributed by atoms with Crippen LogP contribution in [0.1, 0.15) is 0 Å². The molecule has 0 aliphatic carbocycles. The predicted octanol–water partition coefficient (Wildman–Crippen LogP) is 1.06. The van der Waals surface area contributed by atoms with Crippen LogP contribution < -0.4 is 0 Å². The van der Waals surface area contributed by atoms with Crippen LogP contribution in [0, 0.1) is 0 Å². The van der Waals surface area contributed by atoms with Gasteiger partial charge in [-0.2, -0.15) is 0 Å². The van der Waals surface area contributed by atoms with E-state index in [0.29, 0.717) is 10.9 Å². The van der Waals surface area contributed by atoms with Gasteiger partial charge in [-0.25, -0.2) is 0 Å². The van der Waals surface area contributed by atoms with E-state index in [-0.39, 0.29) is 0 Å². The summed E-state index contributed by atoms with van der Waals surface area (Å²) >= 11 is 6.14. The molecule has 0 aromatic rings. The molecule has 2 nitrogen and oxygen atoms in total. The quantitative estimate of drug-likeness (QED) is 0.403. The van der Waals surface area contributed by atoms with Crippen molar-refractivity contribution in [3.63, 3.8) is 0 Å². The molecule has 0 N–H and O–H groups in total. The second-order valence-corrected chi connectivity index (χ2v) is 1.87. The molecular weight excluding hydrogens is 226 g/mol. The van der Waals surface area contributed by atoms with Gasteiger partial charge in [-0.05, 0) is 0 Å². The van der Waals surface area contributed by atoms with Gasteiger partial charge >= 0.3 is 6.41 Å². The van der Waals surface area contributed by atoms with Crippen LogP contribution in [-0.4, -0.2) is 22.2 Å². The minimum Gasteiger partial charge on any atom is -0.315 e. The molecule has 0 unspecified atom stereocenters. The molecule has 4 heteroatoms. The largest absolute Gasteiger partial charge is 0.315 e. The molecule has 0 saturated carbocycles. The standard InChI is InChI=1S/C3H4Br2NO/c4-1-6(2-5)3-7/h1-2H2. The summed E-state index contributed by atoms with van der Waals surface area (Å²) in [5, 5.41) is 0. The van der Waals surface area contributed by atoms with E-state index < -0.39 is 0 Å². The zero-order valence-electron chi connectivity index (χ0n) is 3.53. The fraction of sp³-hybridized carbons (Fsp3) is 0.667. The average Bonchev–Trinajstić information content (AvgIpc) is 1.72. The van der Waals surface area contributed by atoms with Crippen molar-refractivity contribution >= 4 is 38.3 Å². The number of alkyl halides is 2. The van der Waals surface area contributed by atoms with Crippen LogP contribution in [0.2, 0.25) is 0 Å². The van der Waals surface area contributed by atoms with E-state index in [9.17, 15) is 4.79 Å². The Morgan fingerprint density at radius 3 is 1.86 bits per heavy atom. The fourth-order valence-corrected chi connectivity index (χ4v) is 1.12. The highest BCUT2D eigenvalue weighted by Gasteiger charge is 1.92. The third kappa shape index (κ3) is 3.05. The summed E-state index contributed by atoms with van der Waals surface area (Å²) in [4.78, 5) is 11.1. The van der Waals surface area contributed by atoms with Gasteiger partial charge < -0.3 is 4.90 Å². The van der Waals surface area contributed by atoms with Crippen molar-refractivity contribution in [1.29, 1.82) is 0 Å². The van der Waals surface area contributed by atoms with Crippen LogP contribution >= 0.6 is 31.9 Å². The summed E-state index contributed by atoms with van der Waals surface area (Å²) in [6, 6.07) is 0. The maximum atomic E-state index is 9.71. The van der Waals surface area contributed by atoms with E-state index in [1.165, 1.54) is 4.90 Å². The van der Waals surface area contributed by atoms with Crippen LogP contribution in [0.5, 0.6) is 0 Å². The van der Waals surface area contributed by atoms with Crippen molar-refractivity contribution in [3.8, 4) is 0 Å². The monoisotopic (exact) mass is 228 g/mol. The normalized spacial score (nSPS) is 8.29.